The van der Waals surface area contributed by atoms with Crippen molar-refractivity contribution in [3.63, 3.8) is 0 Å². The van der Waals surface area contributed by atoms with E-state index in [1.54, 1.807) is 6.92 Å². The molecule has 2 aromatic heterocycles. The molecule has 2 rings (SSSR count). The average Bonchev–Trinajstić information content (AvgIpc) is 2.89. The third-order valence-electron chi connectivity index (χ3n) is 2.89. The molecule has 0 saturated carbocycles. The smallest absolute Gasteiger partial charge is 0.534 e. The second-order valence-electron chi connectivity index (χ2n) is 4.82. The van der Waals surface area contributed by atoms with Gasteiger partial charge in [-0.1, -0.05) is 6.07 Å². The standard InChI is InChI=1S/C13H11F3N2O5S2/c1-7-6-17-12(24-7)8(5-11(19)20)9-3-2-4-10(18-9)23-25(21,22)13(14,15)16/h2-4,6,8H,5H2,1H3,(H,19,20)/p-1. The summed E-state index contributed by atoms with van der Waals surface area (Å²) in [6, 6.07) is 3.44. The third-order valence-corrected chi connectivity index (χ3v) is 4.87. The summed E-state index contributed by atoms with van der Waals surface area (Å²) in [5, 5.41) is 11.3. The first kappa shape index (κ1) is 19.1. The zero-order valence-electron chi connectivity index (χ0n) is 12.5. The summed E-state index contributed by atoms with van der Waals surface area (Å²) < 4.78 is 63.2. The Kier molecular flexibility index (Phi) is 5.32. The second kappa shape index (κ2) is 6.96. The van der Waals surface area contributed by atoms with Crippen molar-refractivity contribution in [3.05, 3.63) is 40.0 Å². The van der Waals surface area contributed by atoms with Gasteiger partial charge < -0.3 is 14.1 Å². The van der Waals surface area contributed by atoms with Gasteiger partial charge in [-0.3, -0.25) is 0 Å². The molecule has 0 aliphatic heterocycles. The van der Waals surface area contributed by atoms with Crippen LogP contribution in [-0.4, -0.2) is 29.9 Å². The zero-order valence-corrected chi connectivity index (χ0v) is 14.1. The number of nitrogens with zero attached hydrogens (tertiary/aromatic N) is 2. The molecule has 25 heavy (non-hydrogen) atoms. The maximum absolute atomic E-state index is 12.4. The Morgan fingerprint density at radius 3 is 2.60 bits per heavy atom. The Bertz CT molecular complexity index is 880. The number of carboxylic acid groups (broad SMARTS) is 1. The summed E-state index contributed by atoms with van der Waals surface area (Å²) in [6.45, 7) is 1.74. The summed E-state index contributed by atoms with van der Waals surface area (Å²) in [7, 11) is -5.88. The molecule has 136 valence electrons. The molecule has 0 spiro atoms. The van der Waals surface area contributed by atoms with Crippen LogP contribution in [0.2, 0.25) is 0 Å². The molecule has 0 amide bonds. The number of hydrogen-bond donors (Lipinski definition) is 0. The molecule has 7 nitrogen and oxygen atoms in total. The number of aryl methyl sites for hydroxylation is 1. The highest BCUT2D eigenvalue weighted by molar-refractivity contribution is 7.87. The lowest BCUT2D eigenvalue weighted by Gasteiger charge is -2.16. The van der Waals surface area contributed by atoms with E-state index >= 15 is 0 Å². The van der Waals surface area contributed by atoms with Gasteiger partial charge in [0, 0.05) is 29.5 Å². The lowest BCUT2D eigenvalue weighted by atomic mass is 10.0. The van der Waals surface area contributed by atoms with Crippen molar-refractivity contribution in [2.45, 2.75) is 24.8 Å². The molecule has 12 heteroatoms. The van der Waals surface area contributed by atoms with Gasteiger partial charge in [-0.2, -0.15) is 21.6 Å². The molecule has 0 N–H and O–H groups in total. The minimum atomic E-state index is -5.88. The summed E-state index contributed by atoms with van der Waals surface area (Å²) in [5.41, 5.74) is -5.62. The molecule has 2 aromatic rings. The van der Waals surface area contributed by atoms with Crippen molar-refractivity contribution in [1.29, 1.82) is 0 Å². The van der Waals surface area contributed by atoms with E-state index in [4.69, 9.17) is 0 Å². The van der Waals surface area contributed by atoms with Crippen LogP contribution in [0.4, 0.5) is 13.2 Å². The van der Waals surface area contributed by atoms with Crippen LogP contribution in [0.25, 0.3) is 0 Å². The fraction of sp³-hybridized carbons (Fsp3) is 0.308. The Hall–Kier alpha value is -2.21. The minimum absolute atomic E-state index is 0.00609. The number of carboxylic acids is 1. The van der Waals surface area contributed by atoms with Gasteiger partial charge in [0.05, 0.1) is 11.6 Å². The Labute approximate surface area is 144 Å². The molecule has 0 aliphatic rings. The van der Waals surface area contributed by atoms with Crippen molar-refractivity contribution < 1.29 is 35.7 Å². The summed E-state index contributed by atoms with van der Waals surface area (Å²) >= 11 is 1.17. The van der Waals surface area contributed by atoms with Crippen molar-refractivity contribution in [3.8, 4) is 5.88 Å². The molecule has 0 aromatic carbocycles. The van der Waals surface area contributed by atoms with Crippen LogP contribution in [-0.2, 0) is 14.9 Å². The maximum Gasteiger partial charge on any atom is 0.534 e. The van der Waals surface area contributed by atoms with Gasteiger partial charge in [0.15, 0.2) is 0 Å². The second-order valence-corrected chi connectivity index (χ2v) is 7.63. The number of aliphatic carboxylic acids is 1. The van der Waals surface area contributed by atoms with Crippen LogP contribution in [0.1, 0.15) is 27.9 Å². The van der Waals surface area contributed by atoms with Gasteiger partial charge in [0.1, 0.15) is 5.01 Å². The van der Waals surface area contributed by atoms with Crippen molar-refractivity contribution >= 4 is 27.4 Å². The lowest BCUT2D eigenvalue weighted by molar-refractivity contribution is -0.306. The fourth-order valence-electron chi connectivity index (χ4n) is 1.85. The van der Waals surface area contributed by atoms with Gasteiger partial charge in [0.2, 0.25) is 5.88 Å². The predicted octanol–water partition coefficient (Wildman–Crippen LogP) is 1.35. The predicted molar refractivity (Wildman–Crippen MR) is 78.2 cm³/mol. The van der Waals surface area contributed by atoms with E-state index in [1.165, 1.54) is 29.7 Å². The maximum atomic E-state index is 12.4. The number of carbonyl (C=O) groups is 1. The Balaban J connectivity index is 2.39. The largest absolute Gasteiger partial charge is 0.550 e. The van der Waals surface area contributed by atoms with E-state index in [1.807, 2.05) is 0 Å². The monoisotopic (exact) mass is 395 g/mol. The summed E-state index contributed by atoms with van der Waals surface area (Å²) in [4.78, 5) is 19.5. The Morgan fingerprint density at radius 2 is 2.08 bits per heavy atom. The highest BCUT2D eigenvalue weighted by atomic mass is 32.2. The number of alkyl halides is 3. The van der Waals surface area contributed by atoms with Crippen molar-refractivity contribution in [2.75, 3.05) is 0 Å². The number of thiazole rings is 1. The zero-order chi connectivity index (χ0) is 18.8. The number of pyridine rings is 1. The number of hydrogen-bond acceptors (Lipinski definition) is 8. The Morgan fingerprint density at radius 1 is 1.40 bits per heavy atom. The van der Waals surface area contributed by atoms with Gasteiger partial charge in [-0.15, -0.1) is 11.3 Å². The first-order valence-electron chi connectivity index (χ1n) is 6.59. The topological polar surface area (TPSA) is 109 Å². The fourth-order valence-corrected chi connectivity index (χ4v) is 3.15. The van der Waals surface area contributed by atoms with E-state index < -0.39 is 39.8 Å². The lowest BCUT2D eigenvalue weighted by Crippen LogP contribution is -2.28. The van der Waals surface area contributed by atoms with Crippen LogP contribution in [0, 0.1) is 6.92 Å². The van der Waals surface area contributed by atoms with E-state index in [-0.39, 0.29) is 5.69 Å². The molecule has 0 saturated heterocycles. The molecule has 0 bridgehead atoms. The third kappa shape index (κ3) is 4.66. The highest BCUT2D eigenvalue weighted by Crippen LogP contribution is 2.32. The first-order valence-corrected chi connectivity index (χ1v) is 8.82. The number of halogens is 3. The number of carbonyl (C=O) groups excluding carboxylic acids is 1. The van der Waals surface area contributed by atoms with Crippen molar-refractivity contribution in [2.24, 2.45) is 0 Å². The van der Waals surface area contributed by atoms with Crippen LogP contribution in [0.3, 0.4) is 0 Å². The quantitative estimate of drug-likeness (QED) is 0.536. The molecule has 1 atom stereocenters. The van der Waals surface area contributed by atoms with Gasteiger partial charge in [-0.05, 0) is 13.0 Å². The normalized spacial score (nSPS) is 13.4. The highest BCUT2D eigenvalue weighted by Gasteiger charge is 2.48. The molecular weight excluding hydrogens is 385 g/mol. The SMILES string of the molecule is Cc1cnc(C(CC(=O)[O-])c2cccc(OS(=O)(=O)C(F)(F)F)n2)s1. The van der Waals surface area contributed by atoms with E-state index in [0.717, 1.165) is 10.9 Å². The van der Waals surface area contributed by atoms with Crippen LogP contribution in [0.5, 0.6) is 5.88 Å². The molecule has 0 radical (unpaired) electrons. The van der Waals surface area contributed by atoms with Gasteiger partial charge in [0.25, 0.3) is 0 Å². The number of aromatic nitrogens is 2. The van der Waals surface area contributed by atoms with Gasteiger partial charge >= 0.3 is 15.6 Å². The number of rotatable bonds is 6. The molecule has 1 unspecified atom stereocenters. The van der Waals surface area contributed by atoms with Crippen LogP contribution < -0.4 is 9.29 Å². The van der Waals surface area contributed by atoms with Crippen molar-refractivity contribution in [1.82, 2.24) is 9.97 Å². The molecule has 2 heterocycles. The van der Waals surface area contributed by atoms with E-state index in [0.29, 0.717) is 5.01 Å². The first-order chi connectivity index (χ1) is 11.5. The molecule has 0 aliphatic carbocycles. The van der Waals surface area contributed by atoms with E-state index in [9.17, 15) is 31.5 Å². The minimum Gasteiger partial charge on any atom is -0.550 e. The van der Waals surface area contributed by atoms with Crippen LogP contribution >= 0.6 is 11.3 Å². The molecular formula is C13H10F3N2O5S2-. The summed E-state index contributed by atoms with van der Waals surface area (Å²) in [5.74, 6) is -3.17. The van der Waals surface area contributed by atoms with Crippen LogP contribution in [0.15, 0.2) is 24.4 Å². The van der Waals surface area contributed by atoms with E-state index in [2.05, 4.69) is 14.2 Å². The average molecular weight is 395 g/mol. The molecule has 0 fully saturated rings. The van der Waals surface area contributed by atoms with Gasteiger partial charge in [-0.25, -0.2) is 9.97 Å². The summed E-state index contributed by atoms with van der Waals surface area (Å²) in [6.07, 6.45) is 0.964.